The van der Waals surface area contributed by atoms with Crippen molar-refractivity contribution in [3.8, 4) is 0 Å². The number of nitrogens with one attached hydrogen (secondary N) is 1. The lowest BCUT2D eigenvalue weighted by Crippen LogP contribution is -2.29. The third kappa shape index (κ3) is 8.59. The lowest BCUT2D eigenvalue weighted by molar-refractivity contribution is 0.345. The van der Waals surface area contributed by atoms with Crippen LogP contribution in [0.25, 0.3) is 0 Å². The molecule has 126 valence electrons. The molecule has 3 N–H and O–H groups in total. The monoisotopic (exact) mass is 330 g/mol. The summed E-state index contributed by atoms with van der Waals surface area (Å²) in [5.41, 5.74) is 6.15. The Kier molecular flexibility index (Phi) is 7.63. The highest BCUT2D eigenvalue weighted by molar-refractivity contribution is 7.81. The van der Waals surface area contributed by atoms with Gasteiger partial charge in [0.05, 0.1) is 0 Å². The summed E-state index contributed by atoms with van der Waals surface area (Å²) in [5, 5.41) is 3.19. The van der Waals surface area contributed by atoms with E-state index in [4.69, 9.17) is 5.73 Å². The molecule has 0 radical (unpaired) electrons. The molecule has 2 rings (SSSR count). The number of halogens is 2. The van der Waals surface area contributed by atoms with Gasteiger partial charge >= 0.3 is 0 Å². The van der Waals surface area contributed by atoms with Crippen molar-refractivity contribution >= 4 is 18.3 Å². The standard InChI is InChI=1S/C13H18F2N2.C4H10S/c14-10-5-11(15)7-13(6-10)17-12-3-1-9(8-16)2-4-12;1-4(2,3)5/h5-7,9,12,17H,1-4,8,16H2;5H,1-3H3. The van der Waals surface area contributed by atoms with E-state index in [9.17, 15) is 8.78 Å². The Bertz CT molecular complexity index is 426. The Morgan fingerprint density at radius 2 is 1.55 bits per heavy atom. The Balaban J connectivity index is 0.000000422. The van der Waals surface area contributed by atoms with Crippen LogP contribution < -0.4 is 11.1 Å². The van der Waals surface area contributed by atoms with Crippen LogP contribution in [0.2, 0.25) is 0 Å². The molecule has 0 bridgehead atoms. The van der Waals surface area contributed by atoms with E-state index in [1.165, 1.54) is 12.1 Å². The molecule has 0 saturated heterocycles. The fourth-order valence-corrected chi connectivity index (χ4v) is 2.42. The smallest absolute Gasteiger partial charge is 0.128 e. The van der Waals surface area contributed by atoms with Crippen LogP contribution in [-0.2, 0) is 0 Å². The second-order valence-corrected chi connectivity index (χ2v) is 8.27. The van der Waals surface area contributed by atoms with E-state index in [0.717, 1.165) is 38.3 Å². The minimum atomic E-state index is -0.539. The second-order valence-electron chi connectivity index (χ2n) is 6.93. The van der Waals surface area contributed by atoms with Gasteiger partial charge in [0.1, 0.15) is 11.6 Å². The molecule has 1 aromatic rings. The van der Waals surface area contributed by atoms with Gasteiger partial charge in [-0.25, -0.2) is 8.78 Å². The number of nitrogens with two attached hydrogens (primary N) is 1. The molecule has 22 heavy (non-hydrogen) atoms. The van der Waals surface area contributed by atoms with E-state index in [1.54, 1.807) is 0 Å². The highest BCUT2D eigenvalue weighted by Crippen LogP contribution is 2.26. The minimum Gasteiger partial charge on any atom is -0.382 e. The van der Waals surface area contributed by atoms with Crippen LogP contribution in [0.1, 0.15) is 46.5 Å². The van der Waals surface area contributed by atoms with Crippen molar-refractivity contribution in [3.63, 3.8) is 0 Å². The summed E-state index contributed by atoms with van der Waals surface area (Å²) in [5.74, 6) is -0.469. The fourth-order valence-electron chi connectivity index (χ4n) is 2.42. The van der Waals surface area contributed by atoms with Gasteiger partial charge in [-0.15, -0.1) is 0 Å². The number of rotatable bonds is 3. The molecule has 0 aliphatic heterocycles. The highest BCUT2D eigenvalue weighted by Gasteiger charge is 2.20. The molecule has 1 fully saturated rings. The van der Waals surface area contributed by atoms with Gasteiger partial charge in [-0.3, -0.25) is 0 Å². The predicted molar refractivity (Wildman–Crippen MR) is 93.5 cm³/mol. The molecule has 0 aromatic heterocycles. The quantitative estimate of drug-likeness (QED) is 0.708. The Morgan fingerprint density at radius 1 is 1.09 bits per heavy atom. The maximum Gasteiger partial charge on any atom is 0.128 e. The lowest BCUT2D eigenvalue weighted by Gasteiger charge is -2.29. The zero-order valence-corrected chi connectivity index (χ0v) is 14.6. The molecule has 0 heterocycles. The largest absolute Gasteiger partial charge is 0.382 e. The topological polar surface area (TPSA) is 38.0 Å². The van der Waals surface area contributed by atoms with E-state index in [0.29, 0.717) is 17.6 Å². The van der Waals surface area contributed by atoms with E-state index in [1.807, 2.05) is 0 Å². The van der Waals surface area contributed by atoms with E-state index >= 15 is 0 Å². The summed E-state index contributed by atoms with van der Waals surface area (Å²) >= 11 is 4.12. The first-order chi connectivity index (χ1) is 10.2. The van der Waals surface area contributed by atoms with Crippen LogP contribution in [0, 0.1) is 17.6 Å². The molecule has 1 aliphatic carbocycles. The Hall–Kier alpha value is -0.810. The molecule has 1 saturated carbocycles. The van der Waals surface area contributed by atoms with Crippen LogP contribution in [0.15, 0.2) is 18.2 Å². The fraction of sp³-hybridized carbons (Fsp3) is 0.647. The zero-order valence-electron chi connectivity index (χ0n) is 13.7. The average molecular weight is 330 g/mol. The number of hydrogen-bond donors (Lipinski definition) is 3. The van der Waals surface area contributed by atoms with Crippen molar-refractivity contribution < 1.29 is 8.78 Å². The molecule has 0 amide bonds. The van der Waals surface area contributed by atoms with E-state index in [2.05, 4.69) is 38.7 Å². The summed E-state index contributed by atoms with van der Waals surface area (Å²) in [6, 6.07) is 3.85. The average Bonchev–Trinajstić information content (AvgIpc) is 2.36. The number of benzene rings is 1. The first-order valence-electron chi connectivity index (χ1n) is 7.82. The summed E-state index contributed by atoms with van der Waals surface area (Å²) in [6.45, 7) is 6.89. The van der Waals surface area contributed by atoms with E-state index in [-0.39, 0.29) is 4.75 Å². The maximum atomic E-state index is 13.0. The number of anilines is 1. The van der Waals surface area contributed by atoms with Gasteiger partial charge in [-0.2, -0.15) is 12.6 Å². The molecule has 0 atom stereocenters. The summed E-state index contributed by atoms with van der Waals surface area (Å²) < 4.78 is 26.2. The molecule has 2 nitrogen and oxygen atoms in total. The normalized spacial score (nSPS) is 21.8. The van der Waals surface area contributed by atoms with Gasteiger partial charge in [-0.05, 0) is 50.3 Å². The molecular weight excluding hydrogens is 302 g/mol. The predicted octanol–water partition coefficient (Wildman–Crippen LogP) is 4.61. The SMILES string of the molecule is CC(C)(C)S.NCC1CCC(Nc2cc(F)cc(F)c2)CC1. The van der Waals surface area contributed by atoms with Crippen molar-refractivity contribution in [1.82, 2.24) is 0 Å². The lowest BCUT2D eigenvalue weighted by atomic mass is 9.86. The van der Waals surface area contributed by atoms with Crippen molar-refractivity contribution in [3.05, 3.63) is 29.8 Å². The van der Waals surface area contributed by atoms with Crippen molar-refractivity contribution in [1.29, 1.82) is 0 Å². The Labute approximate surface area is 138 Å². The van der Waals surface area contributed by atoms with Crippen LogP contribution in [0.3, 0.4) is 0 Å². The molecule has 1 aromatic carbocycles. The highest BCUT2D eigenvalue weighted by atomic mass is 32.1. The van der Waals surface area contributed by atoms with Gasteiger partial charge in [-0.1, -0.05) is 20.8 Å². The zero-order chi connectivity index (χ0) is 16.8. The third-order valence-corrected chi connectivity index (χ3v) is 3.41. The number of thiol groups is 1. The Morgan fingerprint density at radius 3 is 1.95 bits per heavy atom. The van der Waals surface area contributed by atoms with Crippen LogP contribution in [0.4, 0.5) is 14.5 Å². The molecular formula is C17H28F2N2S. The van der Waals surface area contributed by atoms with Gasteiger partial charge in [0.25, 0.3) is 0 Å². The van der Waals surface area contributed by atoms with Gasteiger partial charge in [0, 0.05) is 22.5 Å². The maximum absolute atomic E-state index is 13.0. The molecule has 5 heteroatoms. The second kappa shape index (κ2) is 8.73. The first-order valence-corrected chi connectivity index (χ1v) is 8.27. The minimum absolute atomic E-state index is 0.194. The molecule has 0 spiro atoms. The van der Waals surface area contributed by atoms with Gasteiger partial charge in [0.15, 0.2) is 0 Å². The summed E-state index contributed by atoms with van der Waals surface area (Å²) in [4.78, 5) is 0. The number of hydrogen-bond acceptors (Lipinski definition) is 3. The molecule has 0 unspecified atom stereocenters. The third-order valence-electron chi connectivity index (χ3n) is 3.41. The van der Waals surface area contributed by atoms with Crippen LogP contribution >= 0.6 is 12.6 Å². The van der Waals surface area contributed by atoms with Crippen molar-refractivity contribution in [2.75, 3.05) is 11.9 Å². The van der Waals surface area contributed by atoms with Crippen molar-refractivity contribution in [2.45, 2.75) is 57.2 Å². The summed E-state index contributed by atoms with van der Waals surface area (Å²) in [6.07, 6.45) is 4.21. The van der Waals surface area contributed by atoms with Crippen LogP contribution in [0.5, 0.6) is 0 Å². The molecule has 1 aliphatic rings. The van der Waals surface area contributed by atoms with Gasteiger partial charge < -0.3 is 11.1 Å². The summed E-state index contributed by atoms with van der Waals surface area (Å²) in [7, 11) is 0. The van der Waals surface area contributed by atoms with E-state index < -0.39 is 11.6 Å². The van der Waals surface area contributed by atoms with Crippen molar-refractivity contribution in [2.24, 2.45) is 11.7 Å². The van der Waals surface area contributed by atoms with Gasteiger partial charge in [0.2, 0.25) is 0 Å². The van der Waals surface area contributed by atoms with Crippen LogP contribution in [-0.4, -0.2) is 17.3 Å². The first kappa shape index (κ1) is 19.2.